The van der Waals surface area contributed by atoms with Crippen molar-refractivity contribution >= 4 is 29.4 Å². The van der Waals surface area contributed by atoms with Crippen LogP contribution >= 0.6 is 11.6 Å². The molecule has 0 saturated carbocycles. The molecule has 194 valence electrons. The van der Waals surface area contributed by atoms with E-state index in [-0.39, 0.29) is 25.1 Å². The van der Waals surface area contributed by atoms with Crippen molar-refractivity contribution in [1.29, 1.82) is 0 Å². The van der Waals surface area contributed by atoms with Crippen LogP contribution in [0.15, 0.2) is 42.7 Å². The number of carbonyl (C=O) groups excluding carboxylic acids is 2. The Bertz CT molecular complexity index is 1320. The number of fused-ring (bicyclic) bond motifs is 1. The van der Waals surface area contributed by atoms with E-state index in [0.29, 0.717) is 44.8 Å². The summed E-state index contributed by atoms with van der Waals surface area (Å²) in [5, 5.41) is 16.2. The molecule has 11 heteroatoms. The van der Waals surface area contributed by atoms with E-state index in [2.05, 4.69) is 25.6 Å². The van der Waals surface area contributed by atoms with Crippen molar-refractivity contribution in [2.24, 2.45) is 0 Å². The summed E-state index contributed by atoms with van der Waals surface area (Å²) in [5.41, 5.74) is 2.67. The van der Waals surface area contributed by atoms with Crippen LogP contribution in [0.1, 0.15) is 48.4 Å². The van der Waals surface area contributed by atoms with Crippen molar-refractivity contribution in [3.63, 3.8) is 0 Å². The standard InChI is InChI=1S/C26H29ClN6O4/c1-14(2)30-26-29-11-20(27)23(32-26)17-9-19-21(28-10-17)12-33(25(19)36)15(3)24(35)31-22(13-34)16-6-5-7-18(8-16)37-4/h5-11,14-15,22,34H,12-13H2,1-4H3,(H,31,35)(H,29,30,32)/t15-,22-/m1/s1. The van der Waals surface area contributed by atoms with Crippen molar-refractivity contribution in [1.82, 2.24) is 25.2 Å². The molecule has 0 spiro atoms. The average molecular weight is 525 g/mol. The van der Waals surface area contributed by atoms with E-state index in [9.17, 15) is 14.7 Å². The minimum atomic E-state index is -0.797. The van der Waals surface area contributed by atoms with Crippen molar-refractivity contribution in [3.05, 3.63) is 64.6 Å². The number of hydrogen-bond donors (Lipinski definition) is 3. The number of pyridine rings is 1. The summed E-state index contributed by atoms with van der Waals surface area (Å²) < 4.78 is 5.23. The Balaban J connectivity index is 1.52. The van der Waals surface area contributed by atoms with E-state index >= 15 is 0 Å². The van der Waals surface area contributed by atoms with Gasteiger partial charge >= 0.3 is 0 Å². The second-order valence-corrected chi connectivity index (χ2v) is 9.44. The third kappa shape index (κ3) is 5.65. The molecule has 1 aliphatic heterocycles. The SMILES string of the molecule is COc1cccc([C@@H](CO)NC(=O)[C@@H](C)N2Cc3ncc(-c4nc(NC(C)C)ncc4Cl)cc3C2=O)c1. The van der Waals surface area contributed by atoms with Crippen LogP contribution in [-0.4, -0.2) is 62.6 Å². The Morgan fingerprint density at radius 3 is 2.70 bits per heavy atom. The summed E-state index contributed by atoms with van der Waals surface area (Å²) in [5.74, 6) is 0.315. The first kappa shape index (κ1) is 26.3. The zero-order chi connectivity index (χ0) is 26.7. The average Bonchev–Trinajstić information content (AvgIpc) is 3.23. The highest BCUT2D eigenvalue weighted by atomic mass is 35.5. The van der Waals surface area contributed by atoms with Gasteiger partial charge in [-0.25, -0.2) is 9.97 Å². The van der Waals surface area contributed by atoms with Gasteiger partial charge in [0.05, 0.1) is 54.5 Å². The molecule has 2 aromatic heterocycles. The van der Waals surface area contributed by atoms with Gasteiger partial charge in [0.25, 0.3) is 5.91 Å². The molecule has 10 nitrogen and oxygen atoms in total. The highest BCUT2D eigenvalue weighted by Crippen LogP contribution is 2.31. The number of aromatic nitrogens is 3. The summed E-state index contributed by atoms with van der Waals surface area (Å²) in [6, 6.07) is 7.46. The maximum absolute atomic E-state index is 13.3. The van der Waals surface area contributed by atoms with Crippen LogP contribution in [0, 0.1) is 0 Å². The van der Waals surface area contributed by atoms with Gasteiger partial charge in [-0.2, -0.15) is 0 Å². The molecule has 0 unspecified atom stereocenters. The summed E-state index contributed by atoms with van der Waals surface area (Å²) in [6.07, 6.45) is 3.11. The van der Waals surface area contributed by atoms with E-state index in [1.165, 1.54) is 11.1 Å². The maximum Gasteiger partial charge on any atom is 0.256 e. The van der Waals surface area contributed by atoms with Crippen molar-refractivity contribution in [2.75, 3.05) is 19.0 Å². The van der Waals surface area contributed by atoms with Gasteiger partial charge in [0.2, 0.25) is 11.9 Å². The van der Waals surface area contributed by atoms with Gasteiger partial charge in [-0.1, -0.05) is 23.7 Å². The number of aliphatic hydroxyl groups excluding tert-OH is 1. The molecule has 4 rings (SSSR count). The topological polar surface area (TPSA) is 130 Å². The molecule has 2 atom stereocenters. The Kier molecular flexibility index (Phi) is 7.89. The first-order valence-electron chi connectivity index (χ1n) is 11.9. The lowest BCUT2D eigenvalue weighted by atomic mass is 10.1. The van der Waals surface area contributed by atoms with Gasteiger partial charge in [0.15, 0.2) is 0 Å². The lowest BCUT2D eigenvalue weighted by molar-refractivity contribution is -0.126. The molecule has 0 saturated heterocycles. The fraction of sp³-hybridized carbons (Fsp3) is 0.346. The number of carbonyl (C=O) groups is 2. The highest BCUT2D eigenvalue weighted by Gasteiger charge is 2.36. The van der Waals surface area contributed by atoms with Crippen LogP contribution in [0.25, 0.3) is 11.3 Å². The van der Waals surface area contributed by atoms with Crippen LogP contribution < -0.4 is 15.4 Å². The highest BCUT2D eigenvalue weighted by molar-refractivity contribution is 6.32. The summed E-state index contributed by atoms with van der Waals surface area (Å²) >= 11 is 6.35. The Morgan fingerprint density at radius 2 is 2.00 bits per heavy atom. The number of amides is 2. The lowest BCUT2D eigenvalue weighted by Gasteiger charge is -2.26. The van der Waals surface area contributed by atoms with Crippen LogP contribution in [0.4, 0.5) is 5.95 Å². The second kappa shape index (κ2) is 11.1. The summed E-state index contributed by atoms with van der Waals surface area (Å²) in [6.45, 7) is 5.46. The Labute approximate surface area is 220 Å². The predicted octanol–water partition coefficient (Wildman–Crippen LogP) is 3.22. The van der Waals surface area contributed by atoms with E-state index in [1.807, 2.05) is 13.8 Å². The van der Waals surface area contributed by atoms with Crippen molar-refractivity contribution in [3.8, 4) is 17.0 Å². The van der Waals surface area contributed by atoms with Gasteiger partial charge in [-0.15, -0.1) is 0 Å². The van der Waals surface area contributed by atoms with Crippen LogP contribution in [0.3, 0.4) is 0 Å². The number of ether oxygens (including phenoxy) is 1. The van der Waals surface area contributed by atoms with Gasteiger partial charge < -0.3 is 25.4 Å². The largest absolute Gasteiger partial charge is 0.497 e. The number of aliphatic hydroxyl groups is 1. The molecular weight excluding hydrogens is 496 g/mol. The molecule has 1 aliphatic rings. The van der Waals surface area contributed by atoms with Gasteiger partial charge in [-0.05, 0) is 44.5 Å². The molecule has 0 fully saturated rings. The van der Waals surface area contributed by atoms with Crippen molar-refractivity contribution < 1.29 is 19.4 Å². The van der Waals surface area contributed by atoms with Crippen molar-refractivity contribution in [2.45, 2.75) is 45.4 Å². The molecule has 0 aliphatic carbocycles. The zero-order valence-electron chi connectivity index (χ0n) is 21.0. The monoisotopic (exact) mass is 524 g/mol. The van der Waals surface area contributed by atoms with Crippen LogP contribution in [0.5, 0.6) is 5.75 Å². The fourth-order valence-electron chi connectivity index (χ4n) is 4.06. The number of methoxy groups -OCH3 is 1. The number of nitrogens with zero attached hydrogens (tertiary/aromatic N) is 4. The summed E-state index contributed by atoms with van der Waals surface area (Å²) in [7, 11) is 1.55. The van der Waals surface area contributed by atoms with E-state index in [0.717, 1.165) is 0 Å². The number of benzene rings is 1. The number of halogens is 1. The molecular formula is C26H29ClN6O4. The Hall–Kier alpha value is -3.76. The third-order valence-corrected chi connectivity index (χ3v) is 6.34. The van der Waals surface area contributed by atoms with E-state index in [4.69, 9.17) is 16.3 Å². The lowest BCUT2D eigenvalue weighted by Crippen LogP contribution is -2.46. The minimum Gasteiger partial charge on any atom is -0.497 e. The van der Waals surface area contributed by atoms with Crippen LogP contribution in [0.2, 0.25) is 5.02 Å². The molecule has 3 N–H and O–H groups in total. The van der Waals surface area contributed by atoms with Gasteiger partial charge in [0.1, 0.15) is 11.8 Å². The zero-order valence-corrected chi connectivity index (χ0v) is 21.8. The predicted molar refractivity (Wildman–Crippen MR) is 139 cm³/mol. The van der Waals surface area contributed by atoms with Gasteiger partial charge in [-0.3, -0.25) is 14.6 Å². The fourth-order valence-corrected chi connectivity index (χ4v) is 4.26. The molecule has 3 heterocycles. The maximum atomic E-state index is 13.3. The molecule has 1 aromatic carbocycles. The number of anilines is 1. The second-order valence-electron chi connectivity index (χ2n) is 9.04. The molecule has 3 aromatic rings. The molecule has 37 heavy (non-hydrogen) atoms. The smallest absolute Gasteiger partial charge is 0.256 e. The van der Waals surface area contributed by atoms with Crippen LogP contribution in [-0.2, 0) is 11.3 Å². The quantitative estimate of drug-likeness (QED) is 0.389. The minimum absolute atomic E-state index is 0.129. The van der Waals surface area contributed by atoms with E-state index < -0.39 is 18.0 Å². The van der Waals surface area contributed by atoms with E-state index in [1.54, 1.807) is 50.6 Å². The number of rotatable bonds is 9. The molecule has 2 amide bonds. The number of nitrogens with one attached hydrogen (secondary N) is 2. The normalized spacial score (nSPS) is 14.4. The first-order chi connectivity index (χ1) is 17.7. The summed E-state index contributed by atoms with van der Waals surface area (Å²) in [4.78, 5) is 41.0. The Morgan fingerprint density at radius 1 is 1.22 bits per heavy atom. The van der Waals surface area contributed by atoms with Gasteiger partial charge in [0, 0.05) is 17.8 Å². The molecule has 0 radical (unpaired) electrons. The third-order valence-electron chi connectivity index (χ3n) is 6.06. The first-order valence-corrected chi connectivity index (χ1v) is 12.2. The number of hydrogen-bond acceptors (Lipinski definition) is 8. The molecule has 0 bridgehead atoms.